The molecule has 0 spiro atoms. The van der Waals surface area contributed by atoms with E-state index in [2.05, 4.69) is 36.2 Å². The van der Waals surface area contributed by atoms with Gasteiger partial charge in [-0.3, -0.25) is 4.79 Å². The van der Waals surface area contributed by atoms with E-state index in [0.29, 0.717) is 6.42 Å². The molecule has 1 fully saturated rings. The smallest absolute Gasteiger partial charge is 0.226 e. The lowest BCUT2D eigenvalue weighted by atomic mass is 10.1. The number of aromatic amines is 1. The van der Waals surface area contributed by atoms with Crippen molar-refractivity contribution in [3.8, 4) is 0 Å². The van der Waals surface area contributed by atoms with Crippen LogP contribution >= 0.6 is 0 Å². The number of nitrogens with zero attached hydrogens (tertiary/aromatic N) is 1. The van der Waals surface area contributed by atoms with Gasteiger partial charge < -0.3 is 9.88 Å². The Kier molecular flexibility index (Phi) is 3.77. The molecule has 0 atom stereocenters. The number of likely N-dealkylation sites (tertiary alicyclic amines) is 1. The molecular formula is C17H22N2O. The molecule has 0 bridgehead atoms. The van der Waals surface area contributed by atoms with Gasteiger partial charge in [-0.1, -0.05) is 18.9 Å². The van der Waals surface area contributed by atoms with E-state index in [1.54, 1.807) is 0 Å². The molecule has 1 amide bonds. The van der Waals surface area contributed by atoms with Gasteiger partial charge in [-0.2, -0.15) is 0 Å². The number of hydrogen-bond donors (Lipinski definition) is 1. The van der Waals surface area contributed by atoms with Crippen LogP contribution in [0.3, 0.4) is 0 Å². The Morgan fingerprint density at radius 1 is 1.15 bits per heavy atom. The second-order valence-corrected chi connectivity index (χ2v) is 5.85. The van der Waals surface area contributed by atoms with E-state index >= 15 is 0 Å². The van der Waals surface area contributed by atoms with Crippen molar-refractivity contribution < 1.29 is 4.79 Å². The lowest BCUT2D eigenvalue weighted by Crippen LogP contribution is -2.33. The van der Waals surface area contributed by atoms with Crippen LogP contribution in [-0.2, 0) is 11.2 Å². The van der Waals surface area contributed by atoms with E-state index in [9.17, 15) is 4.79 Å². The molecule has 1 N–H and O–H groups in total. The SMILES string of the molecule is Cc1cc2cc(CC(=O)N3CCCCCC3)ccc2[nH]1. The van der Waals surface area contributed by atoms with Crippen molar-refractivity contribution in [2.75, 3.05) is 13.1 Å². The van der Waals surface area contributed by atoms with E-state index in [0.717, 1.165) is 42.7 Å². The van der Waals surface area contributed by atoms with Gasteiger partial charge in [-0.05, 0) is 48.9 Å². The minimum Gasteiger partial charge on any atom is -0.359 e. The van der Waals surface area contributed by atoms with E-state index < -0.39 is 0 Å². The number of benzene rings is 1. The average Bonchev–Trinajstić information content (AvgIpc) is 2.64. The van der Waals surface area contributed by atoms with Gasteiger partial charge in [-0.25, -0.2) is 0 Å². The standard InChI is InChI=1S/C17H22N2O/c1-13-10-15-11-14(6-7-16(15)18-13)12-17(20)19-8-4-2-3-5-9-19/h6-7,10-11,18H,2-5,8-9,12H2,1H3. The second-order valence-electron chi connectivity index (χ2n) is 5.85. The maximum Gasteiger partial charge on any atom is 0.226 e. The number of rotatable bonds is 2. The summed E-state index contributed by atoms with van der Waals surface area (Å²) in [7, 11) is 0. The summed E-state index contributed by atoms with van der Waals surface area (Å²) in [6.45, 7) is 3.93. The van der Waals surface area contributed by atoms with Gasteiger partial charge >= 0.3 is 0 Å². The molecule has 0 saturated carbocycles. The Morgan fingerprint density at radius 3 is 2.65 bits per heavy atom. The highest BCUT2D eigenvalue weighted by atomic mass is 16.2. The van der Waals surface area contributed by atoms with Crippen molar-refractivity contribution in [1.82, 2.24) is 9.88 Å². The van der Waals surface area contributed by atoms with Gasteiger partial charge in [-0.15, -0.1) is 0 Å². The molecular weight excluding hydrogens is 248 g/mol. The quantitative estimate of drug-likeness (QED) is 0.891. The molecule has 1 saturated heterocycles. The number of nitrogens with one attached hydrogen (secondary N) is 1. The largest absolute Gasteiger partial charge is 0.359 e. The molecule has 1 aliphatic rings. The molecule has 2 aromatic rings. The summed E-state index contributed by atoms with van der Waals surface area (Å²) in [5.74, 6) is 0.276. The van der Waals surface area contributed by atoms with Crippen molar-refractivity contribution in [3.05, 3.63) is 35.5 Å². The Labute approximate surface area is 120 Å². The minimum absolute atomic E-state index is 0.276. The molecule has 20 heavy (non-hydrogen) atoms. The number of carbonyl (C=O) groups is 1. The first-order valence-electron chi connectivity index (χ1n) is 7.58. The molecule has 0 radical (unpaired) electrons. The van der Waals surface area contributed by atoms with Crippen LogP contribution in [0.5, 0.6) is 0 Å². The van der Waals surface area contributed by atoms with Crippen molar-refractivity contribution >= 4 is 16.8 Å². The fraction of sp³-hybridized carbons (Fsp3) is 0.471. The molecule has 3 nitrogen and oxygen atoms in total. The summed E-state index contributed by atoms with van der Waals surface area (Å²) in [4.78, 5) is 17.7. The number of H-pyrrole nitrogens is 1. The molecule has 1 aromatic heterocycles. The van der Waals surface area contributed by atoms with E-state index in [4.69, 9.17) is 0 Å². The first-order chi connectivity index (χ1) is 9.72. The van der Waals surface area contributed by atoms with Crippen LogP contribution in [0.1, 0.15) is 36.9 Å². The number of fused-ring (bicyclic) bond motifs is 1. The van der Waals surface area contributed by atoms with Crippen LogP contribution in [0.2, 0.25) is 0 Å². The number of amides is 1. The Hall–Kier alpha value is -1.77. The molecule has 3 rings (SSSR count). The van der Waals surface area contributed by atoms with Gasteiger partial charge in [0.15, 0.2) is 0 Å². The molecule has 1 aliphatic heterocycles. The summed E-state index contributed by atoms with van der Waals surface area (Å²) in [5.41, 5.74) is 3.43. The Bertz CT molecular complexity index is 606. The van der Waals surface area contributed by atoms with Gasteiger partial charge in [0.2, 0.25) is 5.91 Å². The zero-order valence-electron chi connectivity index (χ0n) is 12.1. The fourth-order valence-corrected chi connectivity index (χ4v) is 3.04. The highest BCUT2D eigenvalue weighted by Crippen LogP contribution is 2.18. The van der Waals surface area contributed by atoms with E-state index in [-0.39, 0.29) is 5.91 Å². The number of carbonyl (C=O) groups excluding carboxylic acids is 1. The second kappa shape index (κ2) is 5.70. The van der Waals surface area contributed by atoms with E-state index in [1.807, 2.05) is 4.90 Å². The van der Waals surface area contributed by atoms with Crippen LogP contribution in [0.4, 0.5) is 0 Å². The molecule has 0 unspecified atom stereocenters. The Morgan fingerprint density at radius 2 is 1.90 bits per heavy atom. The predicted molar refractivity (Wildman–Crippen MR) is 81.8 cm³/mol. The lowest BCUT2D eigenvalue weighted by molar-refractivity contribution is -0.130. The van der Waals surface area contributed by atoms with Crippen LogP contribution in [0.25, 0.3) is 10.9 Å². The fourth-order valence-electron chi connectivity index (χ4n) is 3.04. The summed E-state index contributed by atoms with van der Waals surface area (Å²) in [5, 5.41) is 1.20. The third-order valence-electron chi connectivity index (χ3n) is 4.13. The molecule has 3 heteroatoms. The summed E-state index contributed by atoms with van der Waals surface area (Å²) >= 11 is 0. The third kappa shape index (κ3) is 2.87. The molecule has 1 aromatic carbocycles. The zero-order chi connectivity index (χ0) is 13.9. The van der Waals surface area contributed by atoms with Gasteiger partial charge in [0, 0.05) is 24.3 Å². The molecule has 106 valence electrons. The average molecular weight is 270 g/mol. The number of hydrogen-bond acceptors (Lipinski definition) is 1. The van der Waals surface area contributed by atoms with Crippen LogP contribution < -0.4 is 0 Å². The monoisotopic (exact) mass is 270 g/mol. The highest BCUT2D eigenvalue weighted by molar-refractivity contribution is 5.84. The Balaban J connectivity index is 1.72. The van der Waals surface area contributed by atoms with Crippen molar-refractivity contribution in [1.29, 1.82) is 0 Å². The molecule has 2 heterocycles. The zero-order valence-corrected chi connectivity index (χ0v) is 12.1. The summed E-state index contributed by atoms with van der Waals surface area (Å²) in [6.07, 6.45) is 5.36. The van der Waals surface area contributed by atoms with Crippen molar-refractivity contribution in [2.24, 2.45) is 0 Å². The van der Waals surface area contributed by atoms with Crippen LogP contribution in [0, 0.1) is 6.92 Å². The third-order valence-corrected chi connectivity index (χ3v) is 4.13. The lowest BCUT2D eigenvalue weighted by Gasteiger charge is -2.20. The minimum atomic E-state index is 0.276. The summed E-state index contributed by atoms with van der Waals surface area (Å²) < 4.78 is 0. The highest BCUT2D eigenvalue weighted by Gasteiger charge is 2.15. The summed E-state index contributed by atoms with van der Waals surface area (Å²) in [6, 6.07) is 8.41. The first kappa shape index (κ1) is 13.2. The van der Waals surface area contributed by atoms with Crippen LogP contribution in [0.15, 0.2) is 24.3 Å². The van der Waals surface area contributed by atoms with Gasteiger partial charge in [0.1, 0.15) is 0 Å². The predicted octanol–water partition coefficient (Wildman–Crippen LogP) is 3.42. The van der Waals surface area contributed by atoms with E-state index in [1.165, 1.54) is 18.2 Å². The van der Waals surface area contributed by atoms with Crippen molar-refractivity contribution in [2.45, 2.75) is 39.0 Å². The maximum absolute atomic E-state index is 12.4. The van der Waals surface area contributed by atoms with Crippen LogP contribution in [-0.4, -0.2) is 28.9 Å². The molecule has 0 aliphatic carbocycles. The van der Waals surface area contributed by atoms with Gasteiger partial charge in [0.25, 0.3) is 0 Å². The maximum atomic E-state index is 12.4. The topological polar surface area (TPSA) is 36.1 Å². The first-order valence-corrected chi connectivity index (χ1v) is 7.58. The number of aryl methyl sites for hydroxylation is 1. The normalized spacial score (nSPS) is 16.4. The van der Waals surface area contributed by atoms with Gasteiger partial charge in [0.05, 0.1) is 6.42 Å². The van der Waals surface area contributed by atoms with Crippen molar-refractivity contribution in [3.63, 3.8) is 0 Å². The number of aromatic nitrogens is 1.